The second-order valence-corrected chi connectivity index (χ2v) is 31.1. The van der Waals surface area contributed by atoms with Crippen LogP contribution in [0.1, 0.15) is 293 Å². The topological polar surface area (TPSA) is 270 Å². The highest BCUT2D eigenvalue weighted by Gasteiger charge is 2.25. The van der Waals surface area contributed by atoms with Crippen LogP contribution in [0.3, 0.4) is 0 Å². The highest BCUT2D eigenvalue weighted by Crippen LogP contribution is 2.25. The number of rotatable bonds is 51. The van der Waals surface area contributed by atoms with E-state index >= 15 is 0 Å². The van der Waals surface area contributed by atoms with E-state index in [0.29, 0.717) is 74.9 Å². The van der Waals surface area contributed by atoms with Crippen LogP contribution in [-0.4, -0.2) is 146 Å². The number of benzene rings is 4. The third-order valence-electron chi connectivity index (χ3n) is 19.5. The minimum Gasteiger partial charge on any atom is -0.450 e. The Labute approximate surface area is 677 Å². The van der Waals surface area contributed by atoms with E-state index in [-0.39, 0.29) is 48.4 Å². The van der Waals surface area contributed by atoms with E-state index in [1.54, 1.807) is 19.0 Å². The van der Waals surface area contributed by atoms with Crippen LogP contribution in [-0.2, 0) is 31.8 Å². The molecule has 112 heavy (non-hydrogen) atoms. The van der Waals surface area contributed by atoms with Crippen molar-refractivity contribution >= 4 is 59.2 Å². The first-order valence-electron chi connectivity index (χ1n) is 42.6. The van der Waals surface area contributed by atoms with Gasteiger partial charge < -0.3 is 60.6 Å². The van der Waals surface area contributed by atoms with Crippen molar-refractivity contribution in [3.8, 4) is 0 Å². The van der Waals surface area contributed by atoms with E-state index in [0.717, 1.165) is 142 Å². The second-order valence-electron chi connectivity index (χ2n) is 31.1. The van der Waals surface area contributed by atoms with Crippen molar-refractivity contribution < 1.29 is 57.9 Å². The van der Waals surface area contributed by atoms with E-state index in [4.69, 9.17) is 29.2 Å². The maximum atomic E-state index is 12.6. The molecule has 0 heterocycles. The molecule has 0 fully saturated rings. The van der Waals surface area contributed by atoms with Gasteiger partial charge in [-0.3, -0.25) is 15.5 Å². The number of alkyl carbamates (subject to hydrolysis) is 2. The second kappa shape index (κ2) is 64.6. The molecule has 4 aromatic rings. The van der Waals surface area contributed by atoms with Crippen LogP contribution >= 0.6 is 0 Å². The molecule has 4 aromatic carbocycles. The minimum absolute atomic E-state index is 0.0725. The zero-order chi connectivity index (χ0) is 83.3. The summed E-state index contributed by atoms with van der Waals surface area (Å²) in [6.07, 6.45) is 29.9. The van der Waals surface area contributed by atoms with Gasteiger partial charge in [0.15, 0.2) is 6.04 Å². The van der Waals surface area contributed by atoms with E-state index < -0.39 is 12.2 Å². The van der Waals surface area contributed by atoms with Gasteiger partial charge in [-0.25, -0.2) is 28.8 Å². The van der Waals surface area contributed by atoms with Gasteiger partial charge in [-0.05, 0) is 188 Å². The number of aliphatic hydroxyl groups excluding tert-OH is 2. The van der Waals surface area contributed by atoms with E-state index in [2.05, 4.69) is 92.6 Å². The number of aliphatic hydroxyl groups is 2. The Kier molecular flexibility index (Phi) is 59.0. The normalized spacial score (nSPS) is 11.8. The number of nitrogens with zero attached hydrogens (tertiary/aromatic N) is 2. The molecule has 21 heteroatoms. The first kappa shape index (κ1) is 102. The molecule has 3 atom stereocenters. The number of anilines is 4. The highest BCUT2D eigenvalue weighted by atomic mass is 16.6. The monoisotopic (exact) mass is 1570 g/mol. The molecule has 0 aliphatic rings. The lowest BCUT2D eigenvalue weighted by molar-refractivity contribution is 0.145. The standard InChI is InChI=1S/C45H72N4O8.C27H38N4O2.C13H28O2.C6H15N/c1-5-36(19-11-7-15-31-54-42(50)46-3)21-13-9-17-33-56-44(52)48-40-27-23-38(24-28-40)35-39-25-29-41(30-26-39)49-45(53)57-34-18-10-14-22-37(6-2)20-12-8-16-32-55-43(51)47-4;1-18(2)30(19(3)4)26(32)28-24-13-9-22(10-14-24)17-23-11-15-25(16-12-23)29-27(33)31(20(5)6)21(7)8;1-2-13(9-5-3-7-11-14)10-6-4-8-12-15;1-5(2)7-6(3)4/h23-30,36-37H,5-22,31-35H2,1-4H3,(H,46,50)(H,47,51)(H,48,52)(H,49,53);9-16,18-21H,1,17H2,2-8H3,(H-,28,29,32,33);13-15H,2-12H2,1H3;5-7H,1-4H3/p+1. The third kappa shape index (κ3) is 51.8. The molecule has 0 aliphatic heterocycles. The fourth-order valence-corrected chi connectivity index (χ4v) is 13.4. The number of amides is 8. The zero-order valence-corrected chi connectivity index (χ0v) is 72.3. The Morgan fingerprint density at radius 2 is 0.580 bits per heavy atom. The molecule has 0 aliphatic carbocycles. The average Bonchev–Trinajstić information content (AvgIpc) is 0.865. The first-order valence-corrected chi connectivity index (χ1v) is 42.6. The number of carbonyl (C=O) groups excluding carboxylic acids is 6. The van der Waals surface area contributed by atoms with Gasteiger partial charge in [0.25, 0.3) is 0 Å². The molecule has 3 unspecified atom stereocenters. The van der Waals surface area contributed by atoms with Crippen LogP contribution < -0.4 is 37.2 Å². The minimum atomic E-state index is -0.441. The molecule has 4 rings (SSSR count). The summed E-state index contributed by atoms with van der Waals surface area (Å²) in [6.45, 7) is 35.7. The predicted octanol–water partition coefficient (Wildman–Crippen LogP) is 22.3. The van der Waals surface area contributed by atoms with Crippen LogP contribution in [0.2, 0.25) is 0 Å². The SMILES string of the molecule is CC(C)NC(C)C.CCC(CCCCCO)CCCCCO.CCC(CCCCCOC(=O)NC)CCCCCOC(=O)Nc1ccc(Cc2ccc(NC(=O)OCCCCCC(CC)CCCCCOC(=O)NC)cc2)cc1.[CH2+]C(C)N(C(=O)Nc1ccc(Cc2ccc(NC(=O)N(C(C)C)C(C)C)cc2)cc1)C(C)C. The number of carbonyl (C=O) groups is 6. The van der Waals surface area contributed by atoms with Crippen LogP contribution in [0, 0.1) is 24.7 Å². The molecule has 8 amide bonds. The van der Waals surface area contributed by atoms with Crippen LogP contribution in [0.5, 0.6) is 0 Å². The third-order valence-corrected chi connectivity index (χ3v) is 19.5. The smallest absolute Gasteiger partial charge is 0.411 e. The molecule has 0 saturated carbocycles. The summed E-state index contributed by atoms with van der Waals surface area (Å²) in [6, 6.07) is 32.5. The summed E-state index contributed by atoms with van der Waals surface area (Å²) >= 11 is 0. The number of nitrogens with one attached hydrogen (secondary N) is 7. The molecule has 0 radical (unpaired) electrons. The van der Waals surface area contributed by atoms with Crippen molar-refractivity contribution in [1.29, 1.82) is 0 Å². The van der Waals surface area contributed by atoms with Crippen molar-refractivity contribution in [3.63, 3.8) is 0 Å². The van der Waals surface area contributed by atoms with Gasteiger partial charge in [-0.2, -0.15) is 0 Å². The molecule has 9 N–H and O–H groups in total. The van der Waals surface area contributed by atoms with Crippen molar-refractivity contribution in [2.75, 3.05) is 75.0 Å². The summed E-state index contributed by atoms with van der Waals surface area (Å²) in [4.78, 5) is 75.5. The van der Waals surface area contributed by atoms with Crippen molar-refractivity contribution in [3.05, 3.63) is 126 Å². The number of ether oxygens (including phenoxy) is 4. The zero-order valence-electron chi connectivity index (χ0n) is 72.3. The lowest BCUT2D eigenvalue weighted by Crippen LogP contribution is -2.44. The van der Waals surface area contributed by atoms with Gasteiger partial charge in [0.1, 0.15) is 0 Å². The van der Waals surface area contributed by atoms with Gasteiger partial charge in [-0.1, -0.05) is 232 Å². The summed E-state index contributed by atoms with van der Waals surface area (Å²) in [5.41, 5.74) is 7.40. The summed E-state index contributed by atoms with van der Waals surface area (Å²) < 4.78 is 20.9. The van der Waals surface area contributed by atoms with Gasteiger partial charge in [0.2, 0.25) is 0 Å². The lowest BCUT2D eigenvalue weighted by atomic mass is 9.93. The van der Waals surface area contributed by atoms with Crippen molar-refractivity contribution in [2.45, 2.75) is 319 Å². The average molecular weight is 1570 g/mol. The number of unbranched alkanes of at least 4 members (excludes halogenated alkanes) is 12. The Morgan fingerprint density at radius 3 is 0.795 bits per heavy atom. The fourth-order valence-electron chi connectivity index (χ4n) is 13.4. The van der Waals surface area contributed by atoms with Crippen molar-refractivity contribution in [1.82, 2.24) is 25.8 Å². The molecular weight excluding hydrogens is 1410 g/mol. The van der Waals surface area contributed by atoms with Crippen LogP contribution in [0.15, 0.2) is 97.1 Å². The molecule has 0 bridgehead atoms. The molecule has 21 nitrogen and oxygen atoms in total. The van der Waals surface area contributed by atoms with Gasteiger partial charge in [0.05, 0.1) is 33.4 Å². The maximum absolute atomic E-state index is 12.6. The molecule has 0 aromatic heterocycles. The van der Waals surface area contributed by atoms with Gasteiger partial charge >= 0.3 is 36.4 Å². The Morgan fingerprint density at radius 1 is 0.339 bits per heavy atom. The number of hydrogen-bond acceptors (Lipinski definition) is 13. The van der Waals surface area contributed by atoms with E-state index in [9.17, 15) is 28.8 Å². The van der Waals surface area contributed by atoms with E-state index in [1.165, 1.54) is 83.5 Å². The summed E-state index contributed by atoms with van der Waals surface area (Å²) in [5.74, 6) is 2.28. The van der Waals surface area contributed by atoms with Gasteiger partial charge in [-0.15, -0.1) is 0 Å². The Hall–Kier alpha value is -7.75. The Bertz CT molecular complexity index is 2810. The van der Waals surface area contributed by atoms with E-state index in [1.807, 2.05) is 150 Å². The Balaban J connectivity index is 0.000000944. The first-order chi connectivity index (χ1) is 53.7. The van der Waals surface area contributed by atoms with Crippen molar-refractivity contribution in [2.24, 2.45) is 17.8 Å². The quantitative estimate of drug-likeness (QED) is 0.0113. The summed E-state index contributed by atoms with van der Waals surface area (Å²) in [5, 5.41) is 37.1. The maximum Gasteiger partial charge on any atom is 0.411 e. The predicted molar refractivity (Wildman–Crippen MR) is 464 cm³/mol. The highest BCUT2D eigenvalue weighted by molar-refractivity contribution is 5.90. The molecule has 634 valence electrons. The van der Waals surface area contributed by atoms with Gasteiger partial charge in [0, 0.05) is 80.3 Å². The fraction of sp³-hybridized carbons (Fsp3) is 0.659. The summed E-state index contributed by atoms with van der Waals surface area (Å²) in [7, 11) is 3.13. The van der Waals surface area contributed by atoms with Crippen LogP contribution in [0.4, 0.5) is 51.5 Å². The number of urea groups is 2. The molecule has 0 spiro atoms. The number of hydrogen-bond donors (Lipinski definition) is 9. The van der Waals surface area contributed by atoms with Crippen LogP contribution in [0.25, 0.3) is 0 Å². The molecule has 0 saturated heterocycles. The lowest BCUT2D eigenvalue weighted by Gasteiger charge is -2.30. The molecular formula is C91H154N9O12+. The largest absolute Gasteiger partial charge is 0.450 e.